The van der Waals surface area contributed by atoms with E-state index >= 15 is 0 Å². The van der Waals surface area contributed by atoms with Crippen molar-refractivity contribution in [3.05, 3.63) is 46.4 Å². The quantitative estimate of drug-likeness (QED) is 0.553. The lowest BCUT2D eigenvalue weighted by molar-refractivity contribution is 0.0997. The number of rotatable bonds is 3. The molecule has 1 heterocycles. The summed E-state index contributed by atoms with van der Waals surface area (Å²) in [4.78, 5) is 29.5. The minimum Gasteiger partial charge on any atom is -0.399 e. The average Bonchev–Trinajstić information content (AvgIpc) is 2.31. The van der Waals surface area contributed by atoms with Gasteiger partial charge < -0.3 is 16.5 Å². The van der Waals surface area contributed by atoms with Crippen LogP contribution in [0.2, 0.25) is 0 Å². The molecule has 0 fully saturated rings. The highest BCUT2D eigenvalue weighted by Gasteiger charge is 2.11. The van der Waals surface area contributed by atoms with Gasteiger partial charge in [-0.25, -0.2) is 4.98 Å². The molecule has 1 aromatic heterocycles. The fraction of sp³-hybridized carbons (Fsp3) is 0. The zero-order valence-electron chi connectivity index (χ0n) is 9.21. The molecule has 2 aromatic rings. The molecule has 92 valence electrons. The maximum absolute atomic E-state index is 11.3. The number of hydrogen-bond donors (Lipinski definition) is 3. The van der Waals surface area contributed by atoms with Crippen molar-refractivity contribution >= 4 is 23.4 Å². The van der Waals surface area contributed by atoms with Gasteiger partial charge in [-0.05, 0) is 18.2 Å². The van der Waals surface area contributed by atoms with E-state index in [0.29, 0.717) is 21.3 Å². The third kappa shape index (κ3) is 2.69. The number of amides is 1. The van der Waals surface area contributed by atoms with Crippen molar-refractivity contribution < 1.29 is 4.79 Å². The summed E-state index contributed by atoms with van der Waals surface area (Å²) in [7, 11) is 0. The number of anilines is 1. The van der Waals surface area contributed by atoms with Crippen LogP contribution >= 0.6 is 11.8 Å². The number of primary amides is 1. The number of aromatic amines is 1. The Labute approximate surface area is 106 Å². The summed E-state index contributed by atoms with van der Waals surface area (Å²) in [6, 6.07) is 6.11. The number of hydrogen-bond acceptors (Lipinski definition) is 5. The number of H-pyrrole nitrogens is 1. The summed E-state index contributed by atoms with van der Waals surface area (Å²) >= 11 is 1.14. The third-order valence-electron chi connectivity index (χ3n) is 2.12. The second-order valence-corrected chi connectivity index (χ2v) is 4.49. The van der Waals surface area contributed by atoms with E-state index < -0.39 is 5.91 Å². The summed E-state index contributed by atoms with van der Waals surface area (Å²) in [6.45, 7) is 0. The molecule has 0 saturated heterocycles. The van der Waals surface area contributed by atoms with Crippen LogP contribution in [-0.2, 0) is 0 Å². The van der Waals surface area contributed by atoms with E-state index in [9.17, 15) is 9.59 Å². The van der Waals surface area contributed by atoms with Crippen LogP contribution in [0.15, 0.2) is 45.3 Å². The molecule has 6 nitrogen and oxygen atoms in total. The van der Waals surface area contributed by atoms with Gasteiger partial charge in [0.1, 0.15) is 0 Å². The van der Waals surface area contributed by atoms with Crippen LogP contribution in [0.3, 0.4) is 0 Å². The largest absolute Gasteiger partial charge is 0.399 e. The van der Waals surface area contributed by atoms with Crippen LogP contribution < -0.4 is 17.0 Å². The van der Waals surface area contributed by atoms with Gasteiger partial charge in [0, 0.05) is 22.8 Å². The molecular formula is C11H10N4O2S. The van der Waals surface area contributed by atoms with Gasteiger partial charge in [0.15, 0.2) is 5.16 Å². The lowest BCUT2D eigenvalue weighted by Gasteiger charge is -2.06. The highest BCUT2D eigenvalue weighted by molar-refractivity contribution is 7.99. The molecule has 1 aromatic carbocycles. The van der Waals surface area contributed by atoms with Crippen molar-refractivity contribution in [3.8, 4) is 0 Å². The van der Waals surface area contributed by atoms with Crippen LogP contribution in [0, 0.1) is 0 Å². The van der Waals surface area contributed by atoms with Crippen LogP contribution in [0.4, 0.5) is 5.69 Å². The van der Waals surface area contributed by atoms with E-state index in [0.717, 1.165) is 11.8 Å². The Morgan fingerprint density at radius 2 is 2.11 bits per heavy atom. The third-order valence-corrected chi connectivity index (χ3v) is 3.10. The number of carbonyl (C=O) groups is 1. The van der Waals surface area contributed by atoms with E-state index in [2.05, 4.69) is 9.97 Å². The molecule has 0 bridgehead atoms. The van der Waals surface area contributed by atoms with Crippen molar-refractivity contribution in [2.24, 2.45) is 5.73 Å². The number of nitrogens with one attached hydrogen (secondary N) is 1. The molecule has 1 amide bonds. The standard InChI is InChI=1S/C11H10N4O2S/c12-6-1-2-8(7(5-6)10(13)17)18-11-14-4-3-9(16)15-11/h1-5H,12H2,(H2,13,17)(H,14,15,16). The first-order chi connectivity index (χ1) is 8.56. The van der Waals surface area contributed by atoms with E-state index in [1.165, 1.54) is 18.3 Å². The van der Waals surface area contributed by atoms with E-state index in [1.807, 2.05) is 0 Å². The molecular weight excluding hydrogens is 252 g/mol. The predicted molar refractivity (Wildman–Crippen MR) is 68.4 cm³/mol. The predicted octanol–water partition coefficient (Wildman–Crippen LogP) is 0.602. The van der Waals surface area contributed by atoms with Crippen molar-refractivity contribution in [2.45, 2.75) is 10.1 Å². The number of carbonyl (C=O) groups excluding carboxylic acids is 1. The summed E-state index contributed by atoms with van der Waals surface area (Å²) in [5.74, 6) is -0.580. The zero-order valence-corrected chi connectivity index (χ0v) is 10.0. The molecule has 0 aliphatic heterocycles. The summed E-state index contributed by atoms with van der Waals surface area (Å²) in [5.41, 5.74) is 11.3. The molecule has 5 N–H and O–H groups in total. The van der Waals surface area contributed by atoms with Gasteiger partial charge in [-0.1, -0.05) is 11.8 Å². The summed E-state index contributed by atoms with van der Waals surface area (Å²) in [6.07, 6.45) is 1.39. The second kappa shape index (κ2) is 4.92. The minimum atomic E-state index is -0.580. The Morgan fingerprint density at radius 3 is 2.78 bits per heavy atom. The lowest BCUT2D eigenvalue weighted by atomic mass is 10.2. The van der Waals surface area contributed by atoms with E-state index in [4.69, 9.17) is 11.5 Å². The number of aromatic nitrogens is 2. The Balaban J connectivity index is 2.40. The maximum atomic E-state index is 11.3. The van der Waals surface area contributed by atoms with Gasteiger partial charge in [-0.2, -0.15) is 0 Å². The Kier molecular flexibility index (Phi) is 3.33. The van der Waals surface area contributed by atoms with E-state index in [1.54, 1.807) is 12.1 Å². The number of nitrogen functional groups attached to an aromatic ring is 1. The van der Waals surface area contributed by atoms with E-state index in [-0.39, 0.29) is 5.56 Å². The van der Waals surface area contributed by atoms with Crippen LogP contribution in [0.25, 0.3) is 0 Å². The Morgan fingerprint density at radius 1 is 1.33 bits per heavy atom. The second-order valence-electron chi connectivity index (χ2n) is 3.46. The normalized spacial score (nSPS) is 10.2. The van der Waals surface area contributed by atoms with Gasteiger partial charge in [0.25, 0.3) is 5.56 Å². The zero-order chi connectivity index (χ0) is 13.1. The molecule has 0 atom stereocenters. The van der Waals surface area contributed by atoms with Crippen molar-refractivity contribution in [1.29, 1.82) is 0 Å². The molecule has 0 saturated carbocycles. The first-order valence-corrected chi connectivity index (χ1v) is 5.80. The van der Waals surface area contributed by atoms with Crippen LogP contribution in [-0.4, -0.2) is 15.9 Å². The molecule has 2 rings (SSSR count). The monoisotopic (exact) mass is 262 g/mol. The topological polar surface area (TPSA) is 115 Å². The molecule has 0 unspecified atom stereocenters. The van der Waals surface area contributed by atoms with Gasteiger partial charge in [-0.3, -0.25) is 9.59 Å². The molecule has 0 aliphatic carbocycles. The number of nitrogens with zero attached hydrogens (tertiary/aromatic N) is 1. The SMILES string of the molecule is NC(=O)c1cc(N)ccc1Sc1nccc(=O)[nH]1. The summed E-state index contributed by atoms with van der Waals surface area (Å²) in [5, 5.41) is 0.384. The van der Waals surface area contributed by atoms with Gasteiger partial charge in [0.2, 0.25) is 5.91 Å². The van der Waals surface area contributed by atoms with Crippen molar-refractivity contribution in [3.63, 3.8) is 0 Å². The first kappa shape index (κ1) is 12.2. The van der Waals surface area contributed by atoms with Crippen molar-refractivity contribution in [2.75, 3.05) is 5.73 Å². The first-order valence-electron chi connectivity index (χ1n) is 4.99. The van der Waals surface area contributed by atoms with Gasteiger partial charge in [-0.15, -0.1) is 0 Å². The van der Waals surface area contributed by atoms with Gasteiger partial charge >= 0.3 is 0 Å². The smallest absolute Gasteiger partial charge is 0.251 e. The Bertz CT molecular complexity index is 653. The summed E-state index contributed by atoms with van der Waals surface area (Å²) < 4.78 is 0. The van der Waals surface area contributed by atoms with Crippen molar-refractivity contribution in [1.82, 2.24) is 9.97 Å². The lowest BCUT2D eigenvalue weighted by Crippen LogP contribution is -2.13. The minimum absolute atomic E-state index is 0.261. The highest BCUT2D eigenvalue weighted by Crippen LogP contribution is 2.28. The maximum Gasteiger partial charge on any atom is 0.251 e. The highest BCUT2D eigenvalue weighted by atomic mass is 32.2. The van der Waals surface area contributed by atoms with Crippen LogP contribution in [0.5, 0.6) is 0 Å². The number of nitrogens with two attached hydrogens (primary N) is 2. The molecule has 0 radical (unpaired) electrons. The van der Waals surface area contributed by atoms with Gasteiger partial charge in [0.05, 0.1) is 5.56 Å². The fourth-order valence-corrected chi connectivity index (χ4v) is 2.22. The average molecular weight is 262 g/mol. The Hall–Kier alpha value is -2.28. The number of benzene rings is 1. The van der Waals surface area contributed by atoms with Crippen LogP contribution in [0.1, 0.15) is 10.4 Å². The molecule has 0 aliphatic rings. The molecule has 18 heavy (non-hydrogen) atoms. The fourth-order valence-electron chi connectivity index (χ4n) is 1.34. The molecule has 0 spiro atoms. The molecule has 7 heteroatoms.